The summed E-state index contributed by atoms with van der Waals surface area (Å²) in [6.45, 7) is 2.93. The summed E-state index contributed by atoms with van der Waals surface area (Å²) in [6, 6.07) is 9.84. The maximum atomic E-state index is 4.29. The third-order valence-electron chi connectivity index (χ3n) is 2.08. The van der Waals surface area contributed by atoms with Crippen LogP contribution in [0.2, 0.25) is 0 Å². The lowest BCUT2D eigenvalue weighted by atomic mass is 10.2. The number of anilines is 1. The highest BCUT2D eigenvalue weighted by molar-refractivity contribution is 5.59. The quantitative estimate of drug-likeness (QED) is 0.825. The van der Waals surface area contributed by atoms with Gasteiger partial charge in [0.05, 0.1) is 5.69 Å². The second kappa shape index (κ2) is 4.55. The molecule has 0 saturated carbocycles. The molecule has 2 rings (SSSR count). The topological polar surface area (TPSA) is 37.8 Å². The molecule has 1 N–H and O–H groups in total. The molecule has 3 heteroatoms. The summed E-state index contributed by atoms with van der Waals surface area (Å²) in [5, 5.41) is 3.15. The highest BCUT2D eigenvalue weighted by atomic mass is 15.0. The lowest BCUT2D eigenvalue weighted by Crippen LogP contribution is -1.98. The molecule has 0 fully saturated rings. The molecule has 0 radical (unpaired) electrons. The van der Waals surface area contributed by atoms with Crippen molar-refractivity contribution in [3.05, 3.63) is 42.7 Å². The molecule has 0 aliphatic heterocycles. The average molecular weight is 199 g/mol. The van der Waals surface area contributed by atoms with Gasteiger partial charge < -0.3 is 5.32 Å². The van der Waals surface area contributed by atoms with Crippen LogP contribution in [0.15, 0.2) is 42.7 Å². The minimum Gasteiger partial charge on any atom is -0.370 e. The van der Waals surface area contributed by atoms with E-state index in [1.54, 1.807) is 6.20 Å². The molecular weight excluding hydrogens is 186 g/mol. The Hall–Kier alpha value is -1.90. The summed E-state index contributed by atoms with van der Waals surface area (Å²) < 4.78 is 0. The van der Waals surface area contributed by atoms with Crippen molar-refractivity contribution in [3.8, 4) is 11.3 Å². The number of rotatable bonds is 3. The molecule has 0 unspecified atom stereocenters. The van der Waals surface area contributed by atoms with Crippen molar-refractivity contribution in [1.82, 2.24) is 9.97 Å². The molecule has 2 heterocycles. The van der Waals surface area contributed by atoms with Gasteiger partial charge in [0.2, 0.25) is 0 Å². The van der Waals surface area contributed by atoms with Gasteiger partial charge in [-0.1, -0.05) is 6.07 Å². The zero-order valence-electron chi connectivity index (χ0n) is 8.64. The van der Waals surface area contributed by atoms with Crippen LogP contribution in [-0.2, 0) is 0 Å². The Bertz CT molecular complexity index is 409. The number of hydrogen-bond donors (Lipinski definition) is 1. The van der Waals surface area contributed by atoms with Gasteiger partial charge in [-0.2, -0.15) is 0 Å². The van der Waals surface area contributed by atoms with E-state index in [2.05, 4.69) is 15.3 Å². The normalized spacial score (nSPS) is 9.93. The van der Waals surface area contributed by atoms with E-state index in [0.717, 1.165) is 23.6 Å². The van der Waals surface area contributed by atoms with Crippen LogP contribution >= 0.6 is 0 Å². The first-order valence-electron chi connectivity index (χ1n) is 5.01. The molecule has 0 atom stereocenters. The minimum absolute atomic E-state index is 0.885. The first-order chi connectivity index (χ1) is 7.40. The monoisotopic (exact) mass is 199 g/mol. The Morgan fingerprint density at radius 3 is 2.67 bits per heavy atom. The van der Waals surface area contributed by atoms with Crippen LogP contribution in [0, 0.1) is 0 Å². The summed E-state index contributed by atoms with van der Waals surface area (Å²) in [5.74, 6) is 0.900. The van der Waals surface area contributed by atoms with Gasteiger partial charge in [0.25, 0.3) is 0 Å². The standard InChI is InChI=1S/C12H13N3/c1-2-13-12-7-6-10(9-15-12)11-5-3-4-8-14-11/h3-9H,2H2,1H3,(H,13,15). The molecule has 0 bridgehead atoms. The van der Waals surface area contributed by atoms with Crippen LogP contribution in [0.25, 0.3) is 11.3 Å². The Kier molecular flexibility index (Phi) is 2.93. The van der Waals surface area contributed by atoms with Crippen molar-refractivity contribution >= 4 is 5.82 Å². The fraction of sp³-hybridized carbons (Fsp3) is 0.167. The maximum Gasteiger partial charge on any atom is 0.125 e. The first kappa shape index (κ1) is 9.65. The van der Waals surface area contributed by atoms with Gasteiger partial charge in [-0.25, -0.2) is 4.98 Å². The lowest BCUT2D eigenvalue weighted by molar-refractivity contribution is 1.16. The zero-order chi connectivity index (χ0) is 10.5. The predicted octanol–water partition coefficient (Wildman–Crippen LogP) is 2.58. The van der Waals surface area contributed by atoms with Crippen molar-refractivity contribution < 1.29 is 0 Å². The van der Waals surface area contributed by atoms with Crippen molar-refractivity contribution in [1.29, 1.82) is 0 Å². The second-order valence-electron chi connectivity index (χ2n) is 3.18. The highest BCUT2D eigenvalue weighted by Crippen LogP contribution is 2.16. The zero-order valence-corrected chi connectivity index (χ0v) is 8.64. The van der Waals surface area contributed by atoms with Crippen LogP contribution in [0.1, 0.15) is 6.92 Å². The molecule has 3 nitrogen and oxygen atoms in total. The molecule has 76 valence electrons. The molecule has 0 aliphatic carbocycles. The van der Waals surface area contributed by atoms with E-state index in [9.17, 15) is 0 Å². The van der Waals surface area contributed by atoms with E-state index in [4.69, 9.17) is 0 Å². The Morgan fingerprint density at radius 1 is 1.13 bits per heavy atom. The van der Waals surface area contributed by atoms with Crippen molar-refractivity contribution in [2.75, 3.05) is 11.9 Å². The average Bonchev–Trinajstić information content (AvgIpc) is 2.32. The number of nitrogens with one attached hydrogen (secondary N) is 1. The van der Waals surface area contributed by atoms with Crippen molar-refractivity contribution in [2.45, 2.75) is 6.92 Å². The largest absolute Gasteiger partial charge is 0.370 e. The molecule has 15 heavy (non-hydrogen) atoms. The van der Waals surface area contributed by atoms with E-state index in [1.807, 2.05) is 43.5 Å². The van der Waals surface area contributed by atoms with E-state index in [-0.39, 0.29) is 0 Å². The number of aromatic nitrogens is 2. The fourth-order valence-electron chi connectivity index (χ4n) is 1.36. The Labute approximate surface area is 89.2 Å². The predicted molar refractivity (Wildman–Crippen MR) is 61.6 cm³/mol. The molecule has 0 aliphatic rings. The second-order valence-corrected chi connectivity index (χ2v) is 3.18. The summed E-state index contributed by atoms with van der Waals surface area (Å²) in [6.07, 6.45) is 3.62. The first-order valence-corrected chi connectivity index (χ1v) is 5.01. The molecule has 0 amide bonds. The minimum atomic E-state index is 0.885. The summed E-state index contributed by atoms with van der Waals surface area (Å²) >= 11 is 0. The third-order valence-corrected chi connectivity index (χ3v) is 2.08. The number of nitrogens with zero attached hydrogens (tertiary/aromatic N) is 2. The summed E-state index contributed by atoms with van der Waals surface area (Å²) in [4.78, 5) is 8.56. The SMILES string of the molecule is CCNc1ccc(-c2ccccn2)cn1. The van der Waals surface area contributed by atoms with Gasteiger partial charge in [0, 0.05) is 24.5 Å². The lowest BCUT2D eigenvalue weighted by Gasteiger charge is -2.03. The molecule has 0 saturated heterocycles. The molecule has 2 aromatic rings. The number of hydrogen-bond acceptors (Lipinski definition) is 3. The number of pyridine rings is 2. The smallest absolute Gasteiger partial charge is 0.125 e. The van der Waals surface area contributed by atoms with Gasteiger partial charge in [-0.3, -0.25) is 4.98 Å². The van der Waals surface area contributed by atoms with Crippen molar-refractivity contribution in [3.63, 3.8) is 0 Å². The van der Waals surface area contributed by atoms with Gasteiger partial charge in [-0.15, -0.1) is 0 Å². The van der Waals surface area contributed by atoms with E-state index in [0.29, 0.717) is 0 Å². The summed E-state index contributed by atoms with van der Waals surface area (Å²) in [7, 11) is 0. The van der Waals surface area contributed by atoms with Crippen LogP contribution in [0.3, 0.4) is 0 Å². The molecule has 2 aromatic heterocycles. The third kappa shape index (κ3) is 2.31. The van der Waals surface area contributed by atoms with Crippen LogP contribution in [-0.4, -0.2) is 16.5 Å². The van der Waals surface area contributed by atoms with E-state index < -0.39 is 0 Å². The molecule has 0 spiro atoms. The highest BCUT2D eigenvalue weighted by Gasteiger charge is 1.98. The Balaban J connectivity index is 2.24. The molecule has 0 aromatic carbocycles. The molecular formula is C12H13N3. The van der Waals surface area contributed by atoms with Crippen molar-refractivity contribution in [2.24, 2.45) is 0 Å². The van der Waals surface area contributed by atoms with Gasteiger partial charge in [0.15, 0.2) is 0 Å². The van der Waals surface area contributed by atoms with Crippen LogP contribution < -0.4 is 5.32 Å². The Morgan fingerprint density at radius 2 is 2.07 bits per heavy atom. The van der Waals surface area contributed by atoms with Crippen LogP contribution in [0.4, 0.5) is 5.82 Å². The van der Waals surface area contributed by atoms with Gasteiger partial charge >= 0.3 is 0 Å². The maximum absolute atomic E-state index is 4.29. The fourth-order valence-corrected chi connectivity index (χ4v) is 1.36. The van der Waals surface area contributed by atoms with E-state index in [1.165, 1.54) is 0 Å². The van der Waals surface area contributed by atoms with Gasteiger partial charge in [-0.05, 0) is 31.2 Å². The van der Waals surface area contributed by atoms with E-state index >= 15 is 0 Å². The van der Waals surface area contributed by atoms with Crippen LogP contribution in [0.5, 0.6) is 0 Å². The summed E-state index contributed by atoms with van der Waals surface area (Å²) in [5.41, 5.74) is 1.99. The van der Waals surface area contributed by atoms with Gasteiger partial charge in [0.1, 0.15) is 5.82 Å².